The van der Waals surface area contributed by atoms with Gasteiger partial charge in [-0.1, -0.05) is 6.07 Å². The van der Waals surface area contributed by atoms with Gasteiger partial charge in [-0.25, -0.2) is 4.39 Å². The van der Waals surface area contributed by atoms with Crippen LogP contribution in [0.3, 0.4) is 0 Å². The smallest absolute Gasteiger partial charge is 0.399 e. The van der Waals surface area contributed by atoms with Gasteiger partial charge in [0, 0.05) is 11.3 Å². The molecular weight excluding hydrogens is 288 g/mol. The normalized spacial score (nSPS) is 11.2. The molecule has 0 atom stereocenters. The number of halogens is 4. The summed E-state index contributed by atoms with van der Waals surface area (Å²) in [7, 11) is 0. The van der Waals surface area contributed by atoms with Crippen molar-refractivity contribution in [2.24, 2.45) is 0 Å². The molecule has 2 aromatic carbocycles. The lowest BCUT2D eigenvalue weighted by molar-refractivity contribution is -0.137. The molecule has 0 bridgehead atoms. The van der Waals surface area contributed by atoms with Gasteiger partial charge in [-0.3, -0.25) is 4.79 Å². The van der Waals surface area contributed by atoms with E-state index in [-0.39, 0.29) is 16.9 Å². The van der Waals surface area contributed by atoms with Gasteiger partial charge in [-0.05, 0) is 36.4 Å². The molecule has 0 aliphatic heterocycles. The summed E-state index contributed by atoms with van der Waals surface area (Å²) in [5.41, 5.74) is 4.20. The van der Waals surface area contributed by atoms with Crippen LogP contribution >= 0.6 is 0 Å². The second kappa shape index (κ2) is 5.43. The molecule has 3 nitrogen and oxygen atoms in total. The third kappa shape index (κ3) is 3.50. The molecule has 21 heavy (non-hydrogen) atoms. The fourth-order valence-corrected chi connectivity index (χ4v) is 1.66. The zero-order valence-corrected chi connectivity index (χ0v) is 10.5. The van der Waals surface area contributed by atoms with Crippen molar-refractivity contribution in [3.63, 3.8) is 0 Å². The molecule has 0 saturated carbocycles. The fraction of sp³-hybridized carbons (Fsp3) is 0.0714. The SMILES string of the molecule is Nc1ccc(NC(=O)c2cccc(C(F)(F)F)c2)c(F)c1. The Labute approximate surface area is 117 Å². The summed E-state index contributed by atoms with van der Waals surface area (Å²) < 4.78 is 51.2. The van der Waals surface area contributed by atoms with Gasteiger partial charge in [0.15, 0.2) is 0 Å². The van der Waals surface area contributed by atoms with E-state index < -0.39 is 23.5 Å². The molecule has 0 saturated heterocycles. The summed E-state index contributed by atoms with van der Waals surface area (Å²) in [5.74, 6) is -1.61. The first-order valence-corrected chi connectivity index (χ1v) is 5.81. The lowest BCUT2D eigenvalue weighted by atomic mass is 10.1. The molecule has 0 aliphatic carbocycles. The number of rotatable bonds is 2. The second-order valence-corrected chi connectivity index (χ2v) is 4.27. The molecule has 1 amide bonds. The molecule has 0 spiro atoms. The van der Waals surface area contributed by atoms with Crippen molar-refractivity contribution in [1.82, 2.24) is 0 Å². The monoisotopic (exact) mass is 298 g/mol. The molecule has 7 heteroatoms. The Bertz CT molecular complexity index is 683. The van der Waals surface area contributed by atoms with Gasteiger partial charge in [0.25, 0.3) is 5.91 Å². The fourth-order valence-electron chi connectivity index (χ4n) is 1.66. The van der Waals surface area contributed by atoms with Gasteiger partial charge in [0.2, 0.25) is 0 Å². The number of amides is 1. The highest BCUT2D eigenvalue weighted by molar-refractivity contribution is 6.04. The molecule has 2 rings (SSSR count). The lowest BCUT2D eigenvalue weighted by Gasteiger charge is -2.10. The highest BCUT2D eigenvalue weighted by Crippen LogP contribution is 2.29. The van der Waals surface area contributed by atoms with Crippen LogP contribution in [0.5, 0.6) is 0 Å². The average Bonchev–Trinajstić information content (AvgIpc) is 2.41. The molecule has 2 aromatic rings. The number of nitrogen functional groups attached to an aromatic ring is 1. The standard InChI is InChI=1S/C14H10F4N2O/c15-11-7-10(19)4-5-12(11)20-13(21)8-2-1-3-9(6-8)14(16,17)18/h1-7H,19H2,(H,20,21). The Morgan fingerprint density at radius 2 is 1.81 bits per heavy atom. The van der Waals surface area contributed by atoms with E-state index >= 15 is 0 Å². The number of alkyl halides is 3. The predicted octanol–water partition coefficient (Wildman–Crippen LogP) is 3.68. The predicted molar refractivity (Wildman–Crippen MR) is 70.2 cm³/mol. The number of benzene rings is 2. The van der Waals surface area contributed by atoms with E-state index in [1.54, 1.807) is 0 Å². The summed E-state index contributed by atoms with van der Waals surface area (Å²) in [6.07, 6.45) is -4.55. The van der Waals surface area contributed by atoms with Gasteiger partial charge in [-0.2, -0.15) is 13.2 Å². The first kappa shape index (κ1) is 14.8. The number of anilines is 2. The van der Waals surface area contributed by atoms with E-state index in [9.17, 15) is 22.4 Å². The zero-order valence-electron chi connectivity index (χ0n) is 10.5. The molecule has 110 valence electrons. The van der Waals surface area contributed by atoms with Crippen molar-refractivity contribution in [1.29, 1.82) is 0 Å². The van der Waals surface area contributed by atoms with Gasteiger partial charge in [0.1, 0.15) is 5.82 Å². The zero-order chi connectivity index (χ0) is 15.6. The van der Waals surface area contributed by atoms with Gasteiger partial charge in [0.05, 0.1) is 11.3 Å². The van der Waals surface area contributed by atoms with E-state index in [4.69, 9.17) is 5.73 Å². The number of nitrogens with two attached hydrogens (primary N) is 1. The first-order valence-electron chi connectivity index (χ1n) is 5.81. The van der Waals surface area contributed by atoms with Crippen LogP contribution in [0, 0.1) is 5.82 Å². The molecule has 0 fully saturated rings. The maximum Gasteiger partial charge on any atom is 0.416 e. The minimum atomic E-state index is -4.55. The third-order valence-electron chi connectivity index (χ3n) is 2.69. The Balaban J connectivity index is 2.25. The number of hydrogen-bond donors (Lipinski definition) is 2. The largest absolute Gasteiger partial charge is 0.416 e. The molecule has 0 aromatic heterocycles. The first-order chi connectivity index (χ1) is 9.77. The molecular formula is C14H10F4N2O. The third-order valence-corrected chi connectivity index (χ3v) is 2.69. The average molecular weight is 298 g/mol. The highest BCUT2D eigenvalue weighted by Gasteiger charge is 2.30. The van der Waals surface area contributed by atoms with Crippen molar-refractivity contribution < 1.29 is 22.4 Å². The van der Waals surface area contributed by atoms with Crippen LogP contribution in [0.25, 0.3) is 0 Å². The number of carbonyl (C=O) groups excluding carboxylic acids is 1. The van der Waals surface area contributed by atoms with E-state index in [0.29, 0.717) is 6.07 Å². The van der Waals surface area contributed by atoms with E-state index in [0.717, 1.165) is 18.2 Å². The molecule has 0 aliphatic rings. The van der Waals surface area contributed by atoms with Gasteiger partial charge >= 0.3 is 6.18 Å². The molecule has 3 N–H and O–H groups in total. The van der Waals surface area contributed by atoms with Crippen LogP contribution in [0.1, 0.15) is 15.9 Å². The van der Waals surface area contributed by atoms with Crippen LogP contribution in [0.4, 0.5) is 28.9 Å². The molecule has 0 radical (unpaired) electrons. The van der Waals surface area contributed by atoms with E-state index in [1.807, 2.05) is 0 Å². The summed E-state index contributed by atoms with van der Waals surface area (Å²) in [6, 6.07) is 7.46. The number of carbonyl (C=O) groups is 1. The lowest BCUT2D eigenvalue weighted by Crippen LogP contribution is -2.14. The minimum absolute atomic E-state index is 0.161. The van der Waals surface area contributed by atoms with Crippen molar-refractivity contribution in [2.75, 3.05) is 11.1 Å². The topological polar surface area (TPSA) is 55.1 Å². The van der Waals surface area contributed by atoms with E-state index in [2.05, 4.69) is 5.32 Å². The molecule has 0 heterocycles. The van der Waals surface area contributed by atoms with Crippen molar-refractivity contribution in [3.8, 4) is 0 Å². The van der Waals surface area contributed by atoms with Crippen molar-refractivity contribution >= 4 is 17.3 Å². The van der Waals surface area contributed by atoms with Crippen LogP contribution in [-0.2, 0) is 6.18 Å². The van der Waals surface area contributed by atoms with Crippen LogP contribution in [0.15, 0.2) is 42.5 Å². The van der Waals surface area contributed by atoms with Crippen LogP contribution < -0.4 is 11.1 Å². The summed E-state index contributed by atoms with van der Waals surface area (Å²) >= 11 is 0. The maximum atomic E-state index is 13.5. The summed E-state index contributed by atoms with van der Waals surface area (Å²) in [5, 5.41) is 2.20. The Kier molecular flexibility index (Phi) is 3.84. The molecule has 0 unspecified atom stereocenters. The maximum absolute atomic E-state index is 13.5. The Morgan fingerprint density at radius 3 is 2.43 bits per heavy atom. The number of nitrogens with one attached hydrogen (secondary N) is 1. The minimum Gasteiger partial charge on any atom is -0.399 e. The number of hydrogen-bond acceptors (Lipinski definition) is 2. The van der Waals surface area contributed by atoms with E-state index in [1.165, 1.54) is 18.2 Å². The van der Waals surface area contributed by atoms with Crippen LogP contribution in [-0.4, -0.2) is 5.91 Å². The highest BCUT2D eigenvalue weighted by atomic mass is 19.4. The quantitative estimate of drug-likeness (QED) is 0.656. The Hall–Kier alpha value is -2.57. The van der Waals surface area contributed by atoms with Gasteiger partial charge in [-0.15, -0.1) is 0 Å². The second-order valence-electron chi connectivity index (χ2n) is 4.27. The van der Waals surface area contributed by atoms with Crippen LogP contribution in [0.2, 0.25) is 0 Å². The van der Waals surface area contributed by atoms with Gasteiger partial charge < -0.3 is 11.1 Å². The summed E-state index contributed by atoms with van der Waals surface area (Å²) in [6.45, 7) is 0. The van der Waals surface area contributed by atoms with Crippen molar-refractivity contribution in [3.05, 3.63) is 59.4 Å². The van der Waals surface area contributed by atoms with Crippen molar-refractivity contribution in [2.45, 2.75) is 6.18 Å². The summed E-state index contributed by atoms with van der Waals surface area (Å²) in [4.78, 5) is 11.9. The Morgan fingerprint density at radius 1 is 1.10 bits per heavy atom.